The summed E-state index contributed by atoms with van der Waals surface area (Å²) in [4.78, 5) is 12.0. The van der Waals surface area contributed by atoms with Crippen molar-refractivity contribution >= 4 is 17.4 Å². The molecule has 4 nitrogen and oxygen atoms in total. The van der Waals surface area contributed by atoms with Crippen LogP contribution >= 0.6 is 11.6 Å². The van der Waals surface area contributed by atoms with Crippen molar-refractivity contribution in [1.82, 2.24) is 14.3 Å². The summed E-state index contributed by atoms with van der Waals surface area (Å²) in [5.74, 6) is 0.765. The molecule has 0 fully saturated rings. The Balaban J connectivity index is 2.54. The molecule has 0 bridgehead atoms. The zero-order valence-corrected chi connectivity index (χ0v) is 11.7. The van der Waals surface area contributed by atoms with E-state index < -0.39 is 5.38 Å². The van der Waals surface area contributed by atoms with Crippen LogP contribution in [0.5, 0.6) is 0 Å². The normalized spacial score (nSPS) is 12.7. The maximum Gasteiger partial charge on any atom is 0.182 e. The van der Waals surface area contributed by atoms with Crippen molar-refractivity contribution in [1.29, 1.82) is 0 Å². The van der Waals surface area contributed by atoms with Crippen molar-refractivity contribution in [3.05, 3.63) is 35.3 Å². The number of carbonyl (C=O) groups excluding carboxylic acids is 1. The summed E-state index contributed by atoms with van der Waals surface area (Å²) in [6, 6.07) is 3.78. The van der Waals surface area contributed by atoms with Gasteiger partial charge < -0.3 is 4.57 Å². The van der Waals surface area contributed by atoms with Crippen LogP contribution in [0.25, 0.3) is 5.82 Å². The lowest BCUT2D eigenvalue weighted by atomic mass is 10.1. The molecule has 0 spiro atoms. The largest absolute Gasteiger partial charge is 0.301 e. The van der Waals surface area contributed by atoms with Gasteiger partial charge in [-0.05, 0) is 26.8 Å². The van der Waals surface area contributed by atoms with Crippen LogP contribution in [0.1, 0.15) is 28.7 Å². The lowest BCUT2D eigenvalue weighted by Crippen LogP contribution is -2.11. The SMILES string of the molecule is Cc1cc(C(=O)C(C)Cl)c(C)n1-c1ccn(C)n1. The number of Topliss-reactive ketones (excluding diaryl/α,β-unsaturated/α-hetero) is 1. The smallest absolute Gasteiger partial charge is 0.182 e. The highest BCUT2D eigenvalue weighted by molar-refractivity contribution is 6.33. The van der Waals surface area contributed by atoms with Crippen LogP contribution in [0.15, 0.2) is 18.3 Å². The molecule has 0 radical (unpaired) electrons. The number of carbonyl (C=O) groups is 1. The summed E-state index contributed by atoms with van der Waals surface area (Å²) >= 11 is 5.87. The minimum absolute atomic E-state index is 0.0491. The maximum absolute atomic E-state index is 12.0. The highest BCUT2D eigenvalue weighted by Gasteiger charge is 2.20. The Kier molecular flexibility index (Phi) is 3.30. The molecule has 2 aromatic rings. The zero-order valence-electron chi connectivity index (χ0n) is 10.9. The molecule has 0 aliphatic heterocycles. The van der Waals surface area contributed by atoms with Crippen molar-refractivity contribution in [3.8, 4) is 5.82 Å². The third-order valence-electron chi connectivity index (χ3n) is 2.99. The first-order chi connectivity index (χ1) is 8.41. The van der Waals surface area contributed by atoms with E-state index in [9.17, 15) is 4.79 Å². The van der Waals surface area contributed by atoms with E-state index in [0.717, 1.165) is 17.2 Å². The molecular formula is C13H16ClN3O. The lowest BCUT2D eigenvalue weighted by molar-refractivity contribution is 0.0991. The quantitative estimate of drug-likeness (QED) is 0.632. The van der Waals surface area contributed by atoms with Gasteiger partial charge in [0.15, 0.2) is 11.6 Å². The highest BCUT2D eigenvalue weighted by Crippen LogP contribution is 2.21. The van der Waals surface area contributed by atoms with Crippen LogP contribution in [-0.4, -0.2) is 25.5 Å². The van der Waals surface area contributed by atoms with E-state index in [1.165, 1.54) is 0 Å². The summed E-state index contributed by atoms with van der Waals surface area (Å²) in [6.45, 7) is 5.56. The molecule has 0 saturated heterocycles. The van der Waals surface area contributed by atoms with Gasteiger partial charge in [-0.3, -0.25) is 9.48 Å². The molecule has 2 aromatic heterocycles. The first-order valence-corrected chi connectivity index (χ1v) is 6.22. The Hall–Kier alpha value is -1.55. The van der Waals surface area contributed by atoms with E-state index in [1.54, 1.807) is 11.6 Å². The minimum Gasteiger partial charge on any atom is -0.301 e. The molecule has 0 aromatic carbocycles. The van der Waals surface area contributed by atoms with Gasteiger partial charge in [-0.25, -0.2) is 0 Å². The number of rotatable bonds is 3. The van der Waals surface area contributed by atoms with Crippen LogP contribution in [-0.2, 0) is 7.05 Å². The van der Waals surface area contributed by atoms with Gasteiger partial charge in [0, 0.05) is 36.3 Å². The molecule has 0 aliphatic carbocycles. The molecule has 2 rings (SSSR count). The third-order valence-corrected chi connectivity index (χ3v) is 3.18. The Labute approximate surface area is 111 Å². The van der Waals surface area contributed by atoms with Gasteiger partial charge in [0.1, 0.15) is 0 Å². The Morgan fingerprint density at radius 2 is 2.11 bits per heavy atom. The Morgan fingerprint density at radius 3 is 2.61 bits per heavy atom. The van der Waals surface area contributed by atoms with E-state index in [0.29, 0.717) is 5.56 Å². The van der Waals surface area contributed by atoms with Gasteiger partial charge >= 0.3 is 0 Å². The molecule has 5 heteroatoms. The lowest BCUT2D eigenvalue weighted by Gasteiger charge is -2.06. The fourth-order valence-electron chi connectivity index (χ4n) is 2.10. The standard InChI is InChI=1S/C13H16ClN3O/c1-8-7-11(13(18)9(2)14)10(3)17(8)12-5-6-16(4)15-12/h5-7,9H,1-4H3. The van der Waals surface area contributed by atoms with Crippen molar-refractivity contribution in [2.75, 3.05) is 0 Å². The monoisotopic (exact) mass is 265 g/mol. The first-order valence-electron chi connectivity index (χ1n) is 5.79. The van der Waals surface area contributed by atoms with Crippen molar-refractivity contribution in [2.45, 2.75) is 26.1 Å². The summed E-state index contributed by atoms with van der Waals surface area (Å²) in [7, 11) is 1.87. The number of aryl methyl sites for hydroxylation is 2. The molecule has 1 unspecified atom stereocenters. The molecule has 0 amide bonds. The van der Waals surface area contributed by atoms with Crippen molar-refractivity contribution < 1.29 is 4.79 Å². The van der Waals surface area contributed by atoms with E-state index in [2.05, 4.69) is 5.10 Å². The minimum atomic E-state index is -0.511. The van der Waals surface area contributed by atoms with Gasteiger partial charge in [0.25, 0.3) is 0 Å². The molecular weight excluding hydrogens is 250 g/mol. The highest BCUT2D eigenvalue weighted by atomic mass is 35.5. The van der Waals surface area contributed by atoms with Gasteiger partial charge in [0.05, 0.1) is 5.38 Å². The molecule has 1 atom stereocenters. The number of halogens is 1. The van der Waals surface area contributed by atoms with Crippen molar-refractivity contribution in [3.63, 3.8) is 0 Å². The molecule has 0 aliphatic rings. The summed E-state index contributed by atoms with van der Waals surface area (Å²) in [6.07, 6.45) is 1.87. The molecule has 0 saturated carbocycles. The fraction of sp³-hybridized carbons (Fsp3) is 0.385. The van der Waals surface area contributed by atoms with Crippen LogP contribution < -0.4 is 0 Å². The Bertz CT molecular complexity index is 595. The number of ketones is 1. The number of aromatic nitrogens is 3. The topological polar surface area (TPSA) is 39.8 Å². The van der Waals surface area contributed by atoms with E-state index in [-0.39, 0.29) is 5.78 Å². The van der Waals surface area contributed by atoms with Crippen molar-refractivity contribution in [2.24, 2.45) is 7.05 Å². The van der Waals surface area contributed by atoms with E-state index in [4.69, 9.17) is 11.6 Å². The predicted molar refractivity (Wildman–Crippen MR) is 71.7 cm³/mol. The molecule has 0 N–H and O–H groups in total. The maximum atomic E-state index is 12.0. The van der Waals surface area contributed by atoms with Gasteiger partial charge in [-0.15, -0.1) is 11.6 Å². The average Bonchev–Trinajstić information content (AvgIpc) is 2.82. The number of alkyl halides is 1. The van der Waals surface area contributed by atoms with Crippen LogP contribution in [0.3, 0.4) is 0 Å². The van der Waals surface area contributed by atoms with E-state index >= 15 is 0 Å². The van der Waals surface area contributed by atoms with Gasteiger partial charge in [0.2, 0.25) is 0 Å². The second-order valence-electron chi connectivity index (χ2n) is 4.45. The number of hydrogen-bond donors (Lipinski definition) is 0. The van der Waals surface area contributed by atoms with Crippen LogP contribution in [0, 0.1) is 13.8 Å². The average molecular weight is 266 g/mol. The third kappa shape index (κ3) is 2.08. The summed E-state index contributed by atoms with van der Waals surface area (Å²) in [5, 5.41) is 3.84. The van der Waals surface area contributed by atoms with Gasteiger partial charge in [-0.2, -0.15) is 5.10 Å². The second-order valence-corrected chi connectivity index (χ2v) is 5.10. The summed E-state index contributed by atoms with van der Waals surface area (Å²) in [5.41, 5.74) is 2.52. The number of nitrogens with zero attached hydrogens (tertiary/aromatic N) is 3. The fourth-order valence-corrected chi connectivity index (χ4v) is 2.22. The summed E-state index contributed by atoms with van der Waals surface area (Å²) < 4.78 is 3.70. The number of hydrogen-bond acceptors (Lipinski definition) is 2. The predicted octanol–water partition coefficient (Wildman–Crippen LogP) is 2.64. The molecule has 18 heavy (non-hydrogen) atoms. The zero-order chi connectivity index (χ0) is 13.4. The van der Waals surface area contributed by atoms with Crippen LogP contribution in [0.4, 0.5) is 0 Å². The van der Waals surface area contributed by atoms with Gasteiger partial charge in [-0.1, -0.05) is 0 Å². The second kappa shape index (κ2) is 4.61. The molecule has 96 valence electrons. The van der Waals surface area contributed by atoms with E-state index in [1.807, 2.05) is 43.8 Å². The first kappa shape index (κ1) is 12.9. The van der Waals surface area contributed by atoms with Crippen LogP contribution in [0.2, 0.25) is 0 Å². The molecule has 2 heterocycles. The Morgan fingerprint density at radius 1 is 1.44 bits per heavy atom.